The van der Waals surface area contributed by atoms with Gasteiger partial charge in [0.2, 0.25) is 0 Å². The molecular weight excluding hydrogens is 547 g/mol. The van der Waals surface area contributed by atoms with Crippen LogP contribution < -0.4 is 15.6 Å². The van der Waals surface area contributed by atoms with Gasteiger partial charge in [-0.25, -0.2) is 5.43 Å². The van der Waals surface area contributed by atoms with Crippen molar-refractivity contribution in [1.82, 2.24) is 10.7 Å². The Bertz CT molecular complexity index is 1530. The first-order valence-corrected chi connectivity index (χ1v) is 13.4. The average molecular weight is 575 g/mol. The summed E-state index contributed by atoms with van der Waals surface area (Å²) in [5, 5.41) is 7.69. The lowest BCUT2D eigenvalue weighted by Gasteiger charge is -2.20. The quantitative estimate of drug-likeness (QED) is 0.121. The number of halogens is 2. The summed E-state index contributed by atoms with van der Waals surface area (Å²) in [7, 11) is 0. The van der Waals surface area contributed by atoms with E-state index >= 15 is 0 Å². The lowest BCUT2D eigenvalue weighted by Crippen LogP contribution is -2.32. The Morgan fingerprint density at radius 1 is 0.925 bits per heavy atom. The van der Waals surface area contributed by atoms with Gasteiger partial charge in [0, 0.05) is 34.9 Å². The number of hydrogen-bond donors (Lipinski definition) is 2. The normalized spacial score (nSPS) is 11.4. The van der Waals surface area contributed by atoms with Crippen LogP contribution in [-0.4, -0.2) is 31.1 Å². The van der Waals surface area contributed by atoms with Gasteiger partial charge in [-0.15, -0.1) is 0 Å². The van der Waals surface area contributed by atoms with Crippen molar-refractivity contribution in [3.8, 4) is 11.3 Å². The molecule has 0 fully saturated rings. The number of rotatable bonds is 10. The summed E-state index contributed by atoms with van der Waals surface area (Å²) in [6, 6.07) is 24.9. The number of furan rings is 1. The van der Waals surface area contributed by atoms with Crippen LogP contribution in [0, 0.1) is 0 Å². The van der Waals surface area contributed by atoms with E-state index in [2.05, 4.69) is 34.6 Å². The van der Waals surface area contributed by atoms with Crippen LogP contribution in [0.15, 0.2) is 100 Å². The zero-order valence-electron chi connectivity index (χ0n) is 22.0. The smallest absolute Gasteiger partial charge is 0.287 e. The van der Waals surface area contributed by atoms with Crippen LogP contribution >= 0.6 is 23.2 Å². The second kappa shape index (κ2) is 13.6. The maximum absolute atomic E-state index is 13.1. The van der Waals surface area contributed by atoms with Crippen LogP contribution in [0.25, 0.3) is 17.4 Å². The molecule has 0 atom stereocenters. The van der Waals surface area contributed by atoms with Crippen molar-refractivity contribution in [1.29, 1.82) is 0 Å². The van der Waals surface area contributed by atoms with Gasteiger partial charge >= 0.3 is 0 Å². The lowest BCUT2D eigenvalue weighted by atomic mass is 10.1. The Morgan fingerprint density at radius 3 is 2.33 bits per heavy atom. The molecule has 0 aliphatic heterocycles. The molecule has 0 aliphatic rings. The van der Waals surface area contributed by atoms with E-state index in [1.54, 1.807) is 60.7 Å². The third kappa shape index (κ3) is 7.40. The topological polar surface area (TPSA) is 86.9 Å². The number of hydrazone groups is 1. The van der Waals surface area contributed by atoms with E-state index in [9.17, 15) is 9.59 Å². The molecule has 0 spiro atoms. The highest BCUT2D eigenvalue weighted by atomic mass is 35.5. The Labute approximate surface area is 243 Å². The fraction of sp³-hybridized carbons (Fsp3) is 0.129. The summed E-state index contributed by atoms with van der Waals surface area (Å²) in [6.07, 6.45) is 2.96. The molecule has 0 saturated heterocycles. The molecule has 2 amide bonds. The first-order chi connectivity index (χ1) is 19.4. The monoisotopic (exact) mass is 574 g/mol. The molecule has 4 aromatic rings. The molecule has 0 radical (unpaired) electrons. The first-order valence-electron chi connectivity index (χ1n) is 12.7. The molecule has 3 aromatic carbocycles. The Morgan fingerprint density at radius 2 is 1.65 bits per heavy atom. The predicted octanol–water partition coefficient (Wildman–Crippen LogP) is 7.02. The molecule has 1 heterocycles. The zero-order valence-corrected chi connectivity index (χ0v) is 23.5. The Kier molecular flexibility index (Phi) is 9.78. The molecule has 0 saturated carbocycles. The molecule has 40 heavy (non-hydrogen) atoms. The molecule has 0 aliphatic carbocycles. The highest BCUT2D eigenvalue weighted by molar-refractivity contribution is 6.36. The minimum absolute atomic E-state index is 0.0367. The summed E-state index contributed by atoms with van der Waals surface area (Å²) in [6.45, 7) is 5.95. The van der Waals surface area contributed by atoms with E-state index in [0.717, 1.165) is 24.3 Å². The second-order valence-corrected chi connectivity index (χ2v) is 9.51. The van der Waals surface area contributed by atoms with Gasteiger partial charge in [-0.05, 0) is 80.1 Å². The minimum Gasteiger partial charge on any atom is -0.455 e. The third-order valence-corrected chi connectivity index (χ3v) is 6.59. The van der Waals surface area contributed by atoms with Gasteiger partial charge in [-0.2, -0.15) is 5.10 Å². The van der Waals surface area contributed by atoms with E-state index in [0.29, 0.717) is 32.7 Å². The van der Waals surface area contributed by atoms with Crippen molar-refractivity contribution in [2.75, 3.05) is 18.0 Å². The highest BCUT2D eigenvalue weighted by Crippen LogP contribution is 2.31. The van der Waals surface area contributed by atoms with E-state index in [4.69, 9.17) is 27.6 Å². The molecule has 9 heteroatoms. The Balaban J connectivity index is 1.52. The maximum Gasteiger partial charge on any atom is 0.287 e. The van der Waals surface area contributed by atoms with Gasteiger partial charge in [0.1, 0.15) is 17.2 Å². The number of nitrogens with zero attached hydrogens (tertiary/aromatic N) is 2. The van der Waals surface area contributed by atoms with Crippen LogP contribution in [0.3, 0.4) is 0 Å². The molecule has 4 rings (SSSR count). The fourth-order valence-electron chi connectivity index (χ4n) is 3.95. The van der Waals surface area contributed by atoms with Crippen molar-refractivity contribution >= 4 is 53.0 Å². The lowest BCUT2D eigenvalue weighted by molar-refractivity contribution is -0.117. The predicted molar refractivity (Wildman–Crippen MR) is 162 cm³/mol. The van der Waals surface area contributed by atoms with Gasteiger partial charge in [0.25, 0.3) is 11.8 Å². The van der Waals surface area contributed by atoms with Crippen LogP contribution in [0.4, 0.5) is 5.69 Å². The number of amides is 2. The maximum atomic E-state index is 13.1. The second-order valence-electron chi connectivity index (χ2n) is 8.67. The van der Waals surface area contributed by atoms with Crippen LogP contribution in [0.5, 0.6) is 0 Å². The molecular formula is C31H28Cl2N4O3. The van der Waals surface area contributed by atoms with Crippen molar-refractivity contribution in [3.63, 3.8) is 0 Å². The number of anilines is 1. The van der Waals surface area contributed by atoms with Crippen LogP contribution in [-0.2, 0) is 4.79 Å². The van der Waals surface area contributed by atoms with Gasteiger partial charge in [0.05, 0.1) is 11.2 Å². The van der Waals surface area contributed by atoms with E-state index < -0.39 is 11.8 Å². The number of benzene rings is 3. The van der Waals surface area contributed by atoms with Gasteiger partial charge in [-0.1, -0.05) is 53.5 Å². The SMILES string of the molecule is CCN(CC)c1ccc(/C=C(\NC(=O)c2ccccc2)C(=O)N/N=C\c2ccc(-c3ccc(Cl)cc3Cl)o2)cc1. The fourth-order valence-corrected chi connectivity index (χ4v) is 4.45. The van der Waals surface area contributed by atoms with E-state index in [1.165, 1.54) is 6.21 Å². The molecule has 7 nitrogen and oxygen atoms in total. The third-order valence-electron chi connectivity index (χ3n) is 6.04. The van der Waals surface area contributed by atoms with Crippen LogP contribution in [0.2, 0.25) is 10.0 Å². The van der Waals surface area contributed by atoms with Crippen molar-refractivity contribution < 1.29 is 14.0 Å². The number of hydrogen-bond acceptors (Lipinski definition) is 5. The van der Waals surface area contributed by atoms with Gasteiger partial charge in [-0.3, -0.25) is 9.59 Å². The number of nitrogens with one attached hydrogen (secondary N) is 2. The summed E-state index contributed by atoms with van der Waals surface area (Å²) in [4.78, 5) is 28.2. The molecule has 1 aromatic heterocycles. The summed E-state index contributed by atoms with van der Waals surface area (Å²) in [5.74, 6) is -0.0902. The average Bonchev–Trinajstić information content (AvgIpc) is 3.43. The van der Waals surface area contributed by atoms with Gasteiger partial charge in [0.15, 0.2) is 0 Å². The molecule has 0 bridgehead atoms. The summed E-state index contributed by atoms with van der Waals surface area (Å²) < 4.78 is 5.78. The number of carbonyl (C=O) groups excluding carboxylic acids is 2. The molecule has 0 unspecified atom stereocenters. The van der Waals surface area contributed by atoms with Crippen molar-refractivity contribution in [2.24, 2.45) is 5.10 Å². The van der Waals surface area contributed by atoms with Crippen LogP contribution in [0.1, 0.15) is 35.5 Å². The molecule has 2 N–H and O–H groups in total. The Hall–Kier alpha value is -4.33. The van der Waals surface area contributed by atoms with E-state index in [-0.39, 0.29) is 5.70 Å². The van der Waals surface area contributed by atoms with E-state index in [1.807, 2.05) is 30.3 Å². The van der Waals surface area contributed by atoms with Crippen molar-refractivity contribution in [2.45, 2.75) is 13.8 Å². The van der Waals surface area contributed by atoms with Gasteiger partial charge < -0.3 is 14.6 Å². The summed E-state index contributed by atoms with van der Waals surface area (Å²) in [5.41, 5.74) is 5.41. The largest absolute Gasteiger partial charge is 0.455 e. The highest BCUT2D eigenvalue weighted by Gasteiger charge is 2.15. The molecule has 204 valence electrons. The standard InChI is InChI=1S/C31H28Cl2N4O3/c1-3-37(4-2)24-13-10-21(11-14-24)18-28(35-30(38)22-8-6-5-7-9-22)31(39)36-34-20-25-15-17-29(40-25)26-16-12-23(32)19-27(26)33/h5-20H,3-4H2,1-2H3,(H,35,38)(H,36,39)/b28-18-,34-20-. The summed E-state index contributed by atoms with van der Waals surface area (Å²) >= 11 is 12.2. The first kappa shape index (κ1) is 28.7. The minimum atomic E-state index is -0.596. The zero-order chi connectivity index (χ0) is 28.5. The van der Waals surface area contributed by atoms with Crippen molar-refractivity contribution in [3.05, 3.63) is 118 Å². The number of carbonyl (C=O) groups is 2.